The lowest BCUT2D eigenvalue weighted by Crippen LogP contribution is -2.28. The van der Waals surface area contributed by atoms with E-state index in [0.717, 1.165) is 12.3 Å². The molecular weight excluding hydrogens is 288 g/mol. The van der Waals surface area contributed by atoms with Gasteiger partial charge in [0.25, 0.3) is 0 Å². The minimum absolute atomic E-state index is 0.0689. The fraction of sp³-hybridized carbons (Fsp3) is 0.545. The molecule has 18 heavy (non-hydrogen) atoms. The molecule has 1 unspecified atom stereocenters. The smallest absolute Gasteiger partial charge is 0.365 e. The Morgan fingerprint density at radius 3 is 2.39 bits per heavy atom. The van der Waals surface area contributed by atoms with Gasteiger partial charge in [0.1, 0.15) is 5.82 Å². The minimum atomic E-state index is -4.45. The van der Waals surface area contributed by atoms with Crippen LogP contribution in [0.25, 0.3) is 0 Å². The van der Waals surface area contributed by atoms with Crippen molar-refractivity contribution >= 4 is 29.0 Å². The maximum absolute atomic E-state index is 12.4. The van der Waals surface area contributed by atoms with Gasteiger partial charge in [0.15, 0.2) is 0 Å². The number of hydrogen-bond donors (Lipinski definition) is 1. The summed E-state index contributed by atoms with van der Waals surface area (Å²) in [6.45, 7) is 3.88. The van der Waals surface area contributed by atoms with Crippen molar-refractivity contribution in [3.05, 3.63) is 22.8 Å². The molecule has 0 aliphatic heterocycles. The molecule has 0 aliphatic rings. The number of pyridine rings is 1. The fourth-order valence-electron chi connectivity index (χ4n) is 1.26. The van der Waals surface area contributed by atoms with Crippen molar-refractivity contribution in [3.63, 3.8) is 0 Å². The summed E-state index contributed by atoms with van der Waals surface area (Å²) in [7, 11) is 0. The van der Waals surface area contributed by atoms with Crippen LogP contribution < -0.4 is 5.32 Å². The average Bonchev–Trinajstić information content (AvgIpc) is 2.25. The van der Waals surface area contributed by atoms with Gasteiger partial charge in [-0.25, -0.2) is 4.98 Å². The Labute approximate surface area is 113 Å². The van der Waals surface area contributed by atoms with Gasteiger partial charge in [0.05, 0.1) is 10.6 Å². The highest BCUT2D eigenvalue weighted by atomic mass is 35.5. The summed E-state index contributed by atoms with van der Waals surface area (Å²) in [6.07, 6.45) is -3.70. The Bertz CT molecular complexity index is 408. The molecule has 7 heteroatoms. The van der Waals surface area contributed by atoms with E-state index in [0.29, 0.717) is 5.88 Å². The van der Waals surface area contributed by atoms with Crippen LogP contribution in [-0.2, 0) is 6.18 Å². The van der Waals surface area contributed by atoms with E-state index >= 15 is 0 Å². The number of hydrogen-bond acceptors (Lipinski definition) is 2. The first-order chi connectivity index (χ1) is 8.25. The first kappa shape index (κ1) is 15.4. The third-order valence-corrected chi connectivity index (χ3v) is 3.08. The molecular formula is C11H13Cl2F3N2. The summed E-state index contributed by atoms with van der Waals surface area (Å²) in [5.74, 6) is 0.739. The van der Waals surface area contributed by atoms with E-state index in [1.807, 2.05) is 13.8 Å². The maximum Gasteiger partial charge on any atom is 0.417 e. The lowest BCUT2D eigenvalue weighted by atomic mass is 10.1. The van der Waals surface area contributed by atoms with Gasteiger partial charge in [-0.05, 0) is 12.0 Å². The molecule has 0 aromatic carbocycles. The second-order valence-corrected chi connectivity index (χ2v) is 4.92. The van der Waals surface area contributed by atoms with Crippen molar-refractivity contribution in [1.29, 1.82) is 0 Å². The standard InChI is InChI=1S/C11H13Cl2F3N2/c1-6(2)9(4-12)18-10-8(13)3-7(5-17-10)11(14,15)16/h3,5-6,9H,4H2,1-2H3,(H,17,18). The molecule has 1 rings (SSSR count). The Morgan fingerprint density at radius 1 is 1.39 bits per heavy atom. The molecule has 0 aliphatic carbocycles. The second-order valence-electron chi connectivity index (χ2n) is 4.20. The van der Waals surface area contributed by atoms with E-state index in [-0.39, 0.29) is 22.8 Å². The second kappa shape index (κ2) is 5.97. The quantitative estimate of drug-likeness (QED) is 0.832. The maximum atomic E-state index is 12.4. The molecule has 0 radical (unpaired) electrons. The first-order valence-electron chi connectivity index (χ1n) is 5.31. The molecule has 0 fully saturated rings. The van der Waals surface area contributed by atoms with Crippen molar-refractivity contribution in [3.8, 4) is 0 Å². The molecule has 0 bridgehead atoms. The monoisotopic (exact) mass is 300 g/mol. The zero-order chi connectivity index (χ0) is 13.9. The van der Waals surface area contributed by atoms with Crippen molar-refractivity contribution < 1.29 is 13.2 Å². The van der Waals surface area contributed by atoms with Crippen molar-refractivity contribution in [1.82, 2.24) is 4.98 Å². The van der Waals surface area contributed by atoms with Crippen LogP contribution in [0.5, 0.6) is 0 Å². The summed E-state index contributed by atoms with van der Waals surface area (Å²) >= 11 is 11.5. The highest BCUT2D eigenvalue weighted by Crippen LogP contribution is 2.32. The van der Waals surface area contributed by atoms with E-state index in [2.05, 4.69) is 10.3 Å². The van der Waals surface area contributed by atoms with Gasteiger partial charge in [0.2, 0.25) is 0 Å². The largest absolute Gasteiger partial charge is 0.417 e. The van der Waals surface area contributed by atoms with Gasteiger partial charge in [0, 0.05) is 18.1 Å². The van der Waals surface area contributed by atoms with Gasteiger partial charge >= 0.3 is 6.18 Å². The van der Waals surface area contributed by atoms with Gasteiger partial charge in [-0.15, -0.1) is 11.6 Å². The number of aromatic nitrogens is 1. The Balaban J connectivity index is 2.93. The van der Waals surface area contributed by atoms with Crippen LogP contribution in [0.4, 0.5) is 19.0 Å². The zero-order valence-corrected chi connectivity index (χ0v) is 11.4. The Kier molecular flexibility index (Phi) is 5.10. The normalized spacial score (nSPS) is 13.8. The summed E-state index contributed by atoms with van der Waals surface area (Å²) in [6, 6.07) is 0.746. The molecule has 0 amide bonds. The molecule has 1 atom stereocenters. The molecule has 0 saturated carbocycles. The lowest BCUT2D eigenvalue weighted by Gasteiger charge is -2.21. The summed E-state index contributed by atoms with van der Waals surface area (Å²) in [5, 5.41) is 2.86. The number of rotatable bonds is 4. The third kappa shape index (κ3) is 3.92. The van der Waals surface area contributed by atoms with E-state index < -0.39 is 11.7 Å². The predicted octanol–water partition coefficient (Wildman–Crippen LogP) is 4.43. The van der Waals surface area contributed by atoms with Gasteiger partial charge in [-0.3, -0.25) is 0 Å². The van der Waals surface area contributed by atoms with Crippen LogP contribution in [0.1, 0.15) is 19.4 Å². The van der Waals surface area contributed by atoms with E-state index in [1.54, 1.807) is 0 Å². The highest BCUT2D eigenvalue weighted by Gasteiger charge is 2.31. The number of alkyl halides is 4. The average molecular weight is 301 g/mol. The molecule has 1 heterocycles. The van der Waals surface area contributed by atoms with Crippen molar-refractivity contribution in [2.45, 2.75) is 26.1 Å². The van der Waals surface area contributed by atoms with E-state index in [4.69, 9.17) is 23.2 Å². The summed E-state index contributed by atoms with van der Waals surface area (Å²) in [5.41, 5.74) is -0.870. The van der Waals surface area contributed by atoms with Crippen molar-refractivity contribution in [2.75, 3.05) is 11.2 Å². The van der Waals surface area contributed by atoms with Crippen LogP contribution in [0, 0.1) is 5.92 Å². The number of anilines is 1. The van der Waals surface area contributed by atoms with Gasteiger partial charge < -0.3 is 5.32 Å². The predicted molar refractivity (Wildman–Crippen MR) is 67.2 cm³/mol. The van der Waals surface area contributed by atoms with Crippen LogP contribution in [0.15, 0.2) is 12.3 Å². The molecule has 1 aromatic heterocycles. The SMILES string of the molecule is CC(C)C(CCl)Nc1ncc(C(F)(F)F)cc1Cl. The molecule has 0 saturated heterocycles. The Morgan fingerprint density at radius 2 is 2.00 bits per heavy atom. The molecule has 102 valence electrons. The van der Waals surface area contributed by atoms with Crippen LogP contribution >= 0.6 is 23.2 Å². The number of nitrogens with zero attached hydrogens (tertiary/aromatic N) is 1. The fourth-order valence-corrected chi connectivity index (χ4v) is 1.91. The van der Waals surface area contributed by atoms with E-state index in [1.165, 1.54) is 0 Å². The summed E-state index contributed by atoms with van der Waals surface area (Å²) in [4.78, 5) is 3.69. The van der Waals surface area contributed by atoms with Gasteiger partial charge in [-0.1, -0.05) is 25.4 Å². The summed E-state index contributed by atoms with van der Waals surface area (Å²) < 4.78 is 37.2. The van der Waals surface area contributed by atoms with Crippen LogP contribution in [0.3, 0.4) is 0 Å². The van der Waals surface area contributed by atoms with E-state index in [9.17, 15) is 13.2 Å². The van der Waals surface area contributed by atoms with Crippen molar-refractivity contribution in [2.24, 2.45) is 5.92 Å². The molecule has 1 aromatic rings. The Hall–Kier alpha value is -0.680. The number of halogens is 5. The minimum Gasteiger partial charge on any atom is -0.365 e. The van der Waals surface area contributed by atoms with Gasteiger partial charge in [-0.2, -0.15) is 13.2 Å². The highest BCUT2D eigenvalue weighted by molar-refractivity contribution is 6.33. The molecule has 0 spiro atoms. The molecule has 2 nitrogen and oxygen atoms in total. The molecule has 1 N–H and O–H groups in total. The zero-order valence-electron chi connectivity index (χ0n) is 9.85. The lowest BCUT2D eigenvalue weighted by molar-refractivity contribution is -0.137. The first-order valence-corrected chi connectivity index (χ1v) is 6.22. The van der Waals surface area contributed by atoms with Crippen LogP contribution in [0.2, 0.25) is 5.02 Å². The topological polar surface area (TPSA) is 24.9 Å². The van der Waals surface area contributed by atoms with Crippen LogP contribution in [-0.4, -0.2) is 16.9 Å². The third-order valence-electron chi connectivity index (χ3n) is 2.46. The number of nitrogens with one attached hydrogen (secondary N) is 1.